The molecule has 0 aliphatic rings. The van der Waals surface area contributed by atoms with E-state index < -0.39 is 5.60 Å². The first-order valence-corrected chi connectivity index (χ1v) is 6.51. The standard InChI is InChI=1S/C15H19N3O2/c1-15(2,20)11-18(10-12-6-4-3-5-7-12)14(19)13-8-9-16-17-13/h3-9,20H,10-11H2,1-2H3,(H,16,17). The molecule has 0 radical (unpaired) electrons. The van der Waals surface area contributed by atoms with Gasteiger partial charge in [0.2, 0.25) is 0 Å². The first kappa shape index (κ1) is 14.3. The van der Waals surface area contributed by atoms with E-state index >= 15 is 0 Å². The first-order chi connectivity index (χ1) is 9.46. The highest BCUT2D eigenvalue weighted by Gasteiger charge is 2.24. The van der Waals surface area contributed by atoms with Gasteiger partial charge in [0, 0.05) is 19.3 Å². The Morgan fingerprint density at radius 3 is 2.55 bits per heavy atom. The fourth-order valence-electron chi connectivity index (χ4n) is 2.02. The maximum Gasteiger partial charge on any atom is 0.272 e. The molecule has 0 unspecified atom stereocenters. The van der Waals surface area contributed by atoms with Crippen LogP contribution in [0, 0.1) is 0 Å². The van der Waals surface area contributed by atoms with E-state index in [4.69, 9.17) is 0 Å². The van der Waals surface area contributed by atoms with Crippen molar-refractivity contribution < 1.29 is 9.90 Å². The second-order valence-corrected chi connectivity index (χ2v) is 5.43. The maximum atomic E-state index is 12.4. The highest BCUT2D eigenvalue weighted by Crippen LogP contribution is 2.13. The van der Waals surface area contributed by atoms with Crippen molar-refractivity contribution in [1.29, 1.82) is 0 Å². The Bertz CT molecular complexity index is 544. The monoisotopic (exact) mass is 273 g/mol. The molecule has 0 aliphatic carbocycles. The molecule has 2 rings (SSSR count). The Morgan fingerprint density at radius 1 is 1.30 bits per heavy atom. The third kappa shape index (κ3) is 3.93. The van der Waals surface area contributed by atoms with E-state index in [-0.39, 0.29) is 12.5 Å². The van der Waals surface area contributed by atoms with Gasteiger partial charge in [-0.15, -0.1) is 0 Å². The van der Waals surface area contributed by atoms with E-state index in [0.29, 0.717) is 12.2 Å². The van der Waals surface area contributed by atoms with Crippen LogP contribution in [0.15, 0.2) is 42.6 Å². The largest absolute Gasteiger partial charge is 0.389 e. The van der Waals surface area contributed by atoms with Crippen LogP contribution in [-0.4, -0.2) is 38.3 Å². The van der Waals surface area contributed by atoms with E-state index in [0.717, 1.165) is 5.56 Å². The minimum atomic E-state index is -0.954. The molecule has 5 nitrogen and oxygen atoms in total. The molecular weight excluding hydrogens is 254 g/mol. The number of benzene rings is 1. The van der Waals surface area contributed by atoms with E-state index in [1.165, 1.54) is 6.20 Å². The van der Waals surface area contributed by atoms with Crippen molar-refractivity contribution in [2.75, 3.05) is 6.54 Å². The van der Waals surface area contributed by atoms with Crippen molar-refractivity contribution in [2.45, 2.75) is 26.0 Å². The summed E-state index contributed by atoms with van der Waals surface area (Å²) in [6.45, 7) is 4.07. The smallest absolute Gasteiger partial charge is 0.272 e. The number of hydrogen-bond acceptors (Lipinski definition) is 3. The maximum absolute atomic E-state index is 12.4. The Morgan fingerprint density at radius 2 is 2.00 bits per heavy atom. The van der Waals surface area contributed by atoms with Crippen LogP contribution in [0.2, 0.25) is 0 Å². The van der Waals surface area contributed by atoms with Crippen LogP contribution in [0.1, 0.15) is 29.9 Å². The third-order valence-electron chi connectivity index (χ3n) is 2.81. The van der Waals surface area contributed by atoms with Crippen molar-refractivity contribution in [3.05, 3.63) is 53.9 Å². The minimum Gasteiger partial charge on any atom is -0.389 e. The topological polar surface area (TPSA) is 69.2 Å². The van der Waals surface area contributed by atoms with Crippen molar-refractivity contribution in [2.24, 2.45) is 0 Å². The molecule has 5 heteroatoms. The van der Waals surface area contributed by atoms with Gasteiger partial charge in [0.25, 0.3) is 5.91 Å². The summed E-state index contributed by atoms with van der Waals surface area (Å²) in [7, 11) is 0. The Hall–Kier alpha value is -2.14. The van der Waals surface area contributed by atoms with Crippen molar-refractivity contribution >= 4 is 5.91 Å². The van der Waals surface area contributed by atoms with Gasteiger partial charge in [0.15, 0.2) is 0 Å². The molecule has 1 amide bonds. The molecule has 1 heterocycles. The summed E-state index contributed by atoms with van der Waals surface area (Å²) in [5.41, 5.74) is 0.486. The van der Waals surface area contributed by atoms with E-state index in [1.807, 2.05) is 30.3 Å². The van der Waals surface area contributed by atoms with E-state index in [9.17, 15) is 9.90 Å². The molecule has 0 spiro atoms. The van der Waals surface area contributed by atoms with Crippen LogP contribution < -0.4 is 0 Å². The first-order valence-electron chi connectivity index (χ1n) is 6.51. The minimum absolute atomic E-state index is 0.173. The summed E-state index contributed by atoms with van der Waals surface area (Å²) in [5.74, 6) is -0.173. The molecule has 0 saturated heterocycles. The lowest BCUT2D eigenvalue weighted by atomic mass is 10.1. The second-order valence-electron chi connectivity index (χ2n) is 5.43. The van der Waals surface area contributed by atoms with Crippen LogP contribution in [0.25, 0.3) is 0 Å². The molecule has 0 bridgehead atoms. The number of carbonyl (C=O) groups excluding carboxylic acids is 1. The number of hydrogen-bond donors (Lipinski definition) is 2. The summed E-state index contributed by atoms with van der Waals surface area (Å²) in [6.07, 6.45) is 1.54. The van der Waals surface area contributed by atoms with Gasteiger partial charge in [-0.25, -0.2) is 0 Å². The molecule has 0 atom stereocenters. The molecule has 20 heavy (non-hydrogen) atoms. The Kier molecular flexibility index (Phi) is 4.20. The number of H-pyrrole nitrogens is 1. The lowest BCUT2D eigenvalue weighted by molar-refractivity contribution is 0.0277. The van der Waals surface area contributed by atoms with Gasteiger partial charge in [-0.3, -0.25) is 9.89 Å². The number of aliphatic hydroxyl groups is 1. The van der Waals surface area contributed by atoms with Crippen molar-refractivity contribution in [3.8, 4) is 0 Å². The van der Waals surface area contributed by atoms with Gasteiger partial charge in [0.05, 0.1) is 5.60 Å². The van der Waals surface area contributed by atoms with Crippen LogP contribution >= 0.6 is 0 Å². The lowest BCUT2D eigenvalue weighted by Crippen LogP contribution is -2.42. The zero-order valence-corrected chi connectivity index (χ0v) is 11.7. The number of rotatable bonds is 5. The Balaban J connectivity index is 2.19. The van der Waals surface area contributed by atoms with Gasteiger partial charge >= 0.3 is 0 Å². The molecular formula is C15H19N3O2. The summed E-state index contributed by atoms with van der Waals surface area (Å²) in [4.78, 5) is 14.0. The summed E-state index contributed by atoms with van der Waals surface area (Å²) < 4.78 is 0. The van der Waals surface area contributed by atoms with Crippen molar-refractivity contribution in [3.63, 3.8) is 0 Å². The molecule has 0 aliphatic heterocycles. The fourth-order valence-corrected chi connectivity index (χ4v) is 2.02. The van der Waals surface area contributed by atoms with Crippen LogP contribution in [-0.2, 0) is 6.54 Å². The third-order valence-corrected chi connectivity index (χ3v) is 2.81. The molecule has 1 aromatic heterocycles. The average molecular weight is 273 g/mol. The normalized spacial score (nSPS) is 11.3. The summed E-state index contributed by atoms with van der Waals surface area (Å²) >= 11 is 0. The van der Waals surface area contributed by atoms with Gasteiger partial charge in [-0.1, -0.05) is 30.3 Å². The molecule has 0 fully saturated rings. The quantitative estimate of drug-likeness (QED) is 0.873. The zero-order valence-electron chi connectivity index (χ0n) is 11.7. The van der Waals surface area contributed by atoms with Gasteiger partial charge in [-0.05, 0) is 25.5 Å². The van der Waals surface area contributed by atoms with Crippen LogP contribution in [0.4, 0.5) is 0 Å². The second kappa shape index (κ2) is 5.88. The van der Waals surface area contributed by atoms with Crippen LogP contribution in [0.3, 0.4) is 0 Å². The molecule has 0 saturated carbocycles. The highest BCUT2D eigenvalue weighted by atomic mass is 16.3. The Labute approximate surface area is 118 Å². The molecule has 1 aromatic carbocycles. The van der Waals surface area contributed by atoms with E-state index in [1.54, 1.807) is 24.8 Å². The number of aromatic nitrogens is 2. The average Bonchev–Trinajstić information content (AvgIpc) is 2.90. The van der Waals surface area contributed by atoms with E-state index in [2.05, 4.69) is 10.2 Å². The predicted octanol–water partition coefficient (Wildman–Crippen LogP) is 1.82. The molecule has 106 valence electrons. The SMILES string of the molecule is CC(C)(O)CN(Cc1ccccc1)C(=O)c1ccn[nH]1. The summed E-state index contributed by atoms with van der Waals surface area (Å²) in [5, 5.41) is 16.5. The fraction of sp³-hybridized carbons (Fsp3) is 0.333. The molecule has 2 N–H and O–H groups in total. The zero-order chi connectivity index (χ0) is 14.6. The van der Waals surface area contributed by atoms with Gasteiger partial charge < -0.3 is 10.0 Å². The number of nitrogens with zero attached hydrogens (tertiary/aromatic N) is 2. The number of carbonyl (C=O) groups is 1. The van der Waals surface area contributed by atoms with Crippen molar-refractivity contribution in [1.82, 2.24) is 15.1 Å². The van der Waals surface area contributed by atoms with Crippen LogP contribution in [0.5, 0.6) is 0 Å². The summed E-state index contributed by atoms with van der Waals surface area (Å²) in [6, 6.07) is 11.3. The number of nitrogens with one attached hydrogen (secondary N) is 1. The van der Waals surface area contributed by atoms with Gasteiger partial charge in [-0.2, -0.15) is 5.10 Å². The number of amides is 1. The molecule has 2 aromatic rings. The number of aromatic amines is 1. The van der Waals surface area contributed by atoms with Gasteiger partial charge in [0.1, 0.15) is 5.69 Å². The lowest BCUT2D eigenvalue weighted by Gasteiger charge is -2.28. The highest BCUT2D eigenvalue weighted by molar-refractivity contribution is 5.92. The predicted molar refractivity (Wildman–Crippen MR) is 76.1 cm³/mol.